The van der Waals surface area contributed by atoms with Crippen molar-refractivity contribution in [2.45, 2.75) is 0 Å². The lowest BCUT2D eigenvalue weighted by atomic mass is 10.1. The minimum Gasteiger partial charge on any atom is -0.497 e. The summed E-state index contributed by atoms with van der Waals surface area (Å²) >= 11 is 5.28. The van der Waals surface area contributed by atoms with Gasteiger partial charge in [-0.1, -0.05) is 0 Å². The molecule has 2 rings (SSSR count). The van der Waals surface area contributed by atoms with Crippen LogP contribution >= 0.6 is 11.6 Å². The number of benzene rings is 2. The van der Waals surface area contributed by atoms with E-state index in [-0.39, 0.29) is 11.3 Å². The third-order valence-electron chi connectivity index (χ3n) is 3.08. The second-order valence-electron chi connectivity index (χ2n) is 4.53. The number of methoxy groups -OCH3 is 1. The zero-order valence-corrected chi connectivity index (χ0v) is 12.9. The molecule has 0 aliphatic rings. The average Bonchev–Trinajstić information content (AvgIpc) is 2.54. The van der Waals surface area contributed by atoms with Crippen molar-refractivity contribution in [3.63, 3.8) is 0 Å². The molecule has 0 bridgehead atoms. The smallest absolute Gasteiger partial charge is 0.300 e. The van der Waals surface area contributed by atoms with Crippen molar-refractivity contribution in [2.75, 3.05) is 12.4 Å². The van der Waals surface area contributed by atoms with E-state index in [0.717, 1.165) is 12.1 Å². The molecule has 0 unspecified atom stereocenters. The van der Waals surface area contributed by atoms with Crippen LogP contribution in [0.4, 0.5) is 22.7 Å². The van der Waals surface area contributed by atoms with E-state index in [1.807, 2.05) is 0 Å². The Morgan fingerprint density at radius 1 is 1.08 bits per heavy atom. The molecule has 0 saturated carbocycles. The lowest BCUT2D eigenvalue weighted by Crippen LogP contribution is -2.04. The lowest BCUT2D eigenvalue weighted by molar-refractivity contribution is -0.392. The number of ether oxygens (including phenoxy) is 1. The number of anilines is 2. The van der Waals surface area contributed by atoms with E-state index >= 15 is 0 Å². The van der Waals surface area contributed by atoms with Crippen LogP contribution < -0.4 is 10.1 Å². The molecule has 0 aromatic heterocycles. The molecule has 0 heterocycles. The Morgan fingerprint density at radius 3 is 1.96 bits per heavy atom. The number of halogens is 1. The monoisotopic (exact) mass is 351 g/mol. The van der Waals surface area contributed by atoms with Gasteiger partial charge in [-0.2, -0.15) is 0 Å². The van der Waals surface area contributed by atoms with Gasteiger partial charge in [-0.15, -0.1) is 0 Å². The number of nitrogens with one attached hydrogen (secondary N) is 1. The summed E-state index contributed by atoms with van der Waals surface area (Å²) in [4.78, 5) is 32.0. The van der Waals surface area contributed by atoms with Crippen molar-refractivity contribution in [1.82, 2.24) is 0 Å². The molecule has 0 aliphatic heterocycles. The van der Waals surface area contributed by atoms with Crippen molar-refractivity contribution in [3.05, 3.63) is 62.2 Å². The van der Waals surface area contributed by atoms with Crippen LogP contribution in [-0.4, -0.2) is 22.2 Å². The molecule has 2 aromatic carbocycles. The first-order chi connectivity index (χ1) is 11.3. The number of carbonyl (C=O) groups excluding carboxylic acids is 1. The van der Waals surface area contributed by atoms with E-state index in [2.05, 4.69) is 5.32 Å². The Labute approximate surface area is 140 Å². The van der Waals surface area contributed by atoms with Gasteiger partial charge < -0.3 is 10.1 Å². The second kappa shape index (κ2) is 6.92. The van der Waals surface area contributed by atoms with Crippen molar-refractivity contribution < 1.29 is 19.4 Å². The molecule has 24 heavy (non-hydrogen) atoms. The third-order valence-corrected chi connectivity index (χ3v) is 3.29. The highest BCUT2D eigenvalue weighted by Gasteiger charge is 2.28. The number of hydrogen-bond donors (Lipinski definition) is 1. The summed E-state index contributed by atoms with van der Waals surface area (Å²) in [5, 5.41) is 24.1. The molecule has 0 amide bonds. The molecule has 0 fully saturated rings. The number of nitrogens with zero attached hydrogens (tertiary/aromatic N) is 2. The predicted molar refractivity (Wildman–Crippen MR) is 86.2 cm³/mol. The maximum Gasteiger partial charge on any atom is 0.300 e. The maximum absolute atomic E-state index is 11.2. The lowest BCUT2D eigenvalue weighted by Gasteiger charge is -2.09. The van der Waals surface area contributed by atoms with Gasteiger partial charge in [0.15, 0.2) is 5.69 Å². The molecule has 0 spiro atoms. The van der Waals surface area contributed by atoms with E-state index in [1.165, 1.54) is 19.2 Å². The first-order valence-corrected chi connectivity index (χ1v) is 6.79. The number of nitro benzene ring substituents is 2. The quantitative estimate of drug-likeness (QED) is 0.478. The standard InChI is InChI=1S/C14H10ClN3O6/c1-24-10-4-2-9(3-5-10)16-13-11(17(20)21)6-8(14(15)19)7-12(13)18(22)23/h2-7,16H,1H3. The number of rotatable bonds is 6. The van der Waals surface area contributed by atoms with E-state index in [9.17, 15) is 25.0 Å². The van der Waals surface area contributed by atoms with Crippen LogP contribution in [0.3, 0.4) is 0 Å². The van der Waals surface area contributed by atoms with Crippen LogP contribution in [0.1, 0.15) is 10.4 Å². The van der Waals surface area contributed by atoms with Gasteiger partial charge in [-0.05, 0) is 35.9 Å². The molecule has 2 aromatic rings. The molecule has 10 heteroatoms. The Hall–Kier alpha value is -3.20. The van der Waals surface area contributed by atoms with Crippen molar-refractivity contribution in [1.29, 1.82) is 0 Å². The number of hydrogen-bond acceptors (Lipinski definition) is 7. The fraction of sp³-hybridized carbons (Fsp3) is 0.0714. The van der Waals surface area contributed by atoms with E-state index < -0.39 is 26.5 Å². The van der Waals surface area contributed by atoms with Crippen molar-refractivity contribution in [3.8, 4) is 5.75 Å². The third kappa shape index (κ3) is 3.58. The minimum absolute atomic E-state index is 0.338. The fourth-order valence-corrected chi connectivity index (χ4v) is 2.07. The fourth-order valence-electron chi connectivity index (χ4n) is 1.96. The Balaban J connectivity index is 2.58. The predicted octanol–water partition coefficient (Wildman–Crippen LogP) is 3.63. The van der Waals surface area contributed by atoms with Gasteiger partial charge in [-0.25, -0.2) is 0 Å². The Kier molecular flexibility index (Phi) is 4.95. The summed E-state index contributed by atoms with van der Waals surface area (Å²) in [5.41, 5.74) is -1.59. The maximum atomic E-state index is 11.2. The normalized spacial score (nSPS) is 10.1. The van der Waals surface area contributed by atoms with Gasteiger partial charge in [0.25, 0.3) is 5.24 Å². The molecule has 0 saturated heterocycles. The largest absolute Gasteiger partial charge is 0.497 e. The molecular weight excluding hydrogens is 342 g/mol. The minimum atomic E-state index is -1.03. The summed E-state index contributed by atoms with van der Waals surface area (Å²) in [7, 11) is 1.47. The number of nitro groups is 2. The van der Waals surface area contributed by atoms with Crippen molar-refractivity contribution >= 4 is 39.6 Å². The SMILES string of the molecule is COc1ccc(Nc2c([N+](=O)[O-])cc(C(=O)Cl)cc2[N+](=O)[O-])cc1. The molecule has 0 aliphatic carbocycles. The van der Waals surface area contributed by atoms with Crippen LogP contribution in [-0.2, 0) is 0 Å². The van der Waals surface area contributed by atoms with E-state index in [1.54, 1.807) is 12.1 Å². The molecule has 0 radical (unpaired) electrons. The summed E-state index contributed by atoms with van der Waals surface area (Å²) in [6, 6.07) is 8.00. The summed E-state index contributed by atoms with van der Waals surface area (Å²) in [6.45, 7) is 0. The highest BCUT2D eigenvalue weighted by Crippen LogP contribution is 2.38. The summed E-state index contributed by atoms with van der Waals surface area (Å²) in [6.07, 6.45) is 0. The van der Waals surface area contributed by atoms with Gasteiger partial charge in [0.1, 0.15) is 5.75 Å². The van der Waals surface area contributed by atoms with Crippen LogP contribution in [0.25, 0.3) is 0 Å². The van der Waals surface area contributed by atoms with Crippen LogP contribution in [0.2, 0.25) is 0 Å². The van der Waals surface area contributed by atoms with Gasteiger partial charge >= 0.3 is 11.4 Å². The molecular formula is C14H10ClN3O6. The first-order valence-electron chi connectivity index (χ1n) is 6.41. The molecule has 0 atom stereocenters. The van der Waals surface area contributed by atoms with Gasteiger partial charge in [-0.3, -0.25) is 25.0 Å². The first kappa shape index (κ1) is 17.2. The Bertz CT molecular complexity index is 787. The second-order valence-corrected chi connectivity index (χ2v) is 4.87. The highest BCUT2D eigenvalue weighted by atomic mass is 35.5. The van der Waals surface area contributed by atoms with Crippen LogP contribution in [0.15, 0.2) is 36.4 Å². The van der Waals surface area contributed by atoms with E-state index in [0.29, 0.717) is 11.4 Å². The zero-order valence-electron chi connectivity index (χ0n) is 12.2. The van der Waals surface area contributed by atoms with Gasteiger partial charge in [0.05, 0.1) is 17.0 Å². The molecule has 124 valence electrons. The van der Waals surface area contributed by atoms with Gasteiger partial charge in [0, 0.05) is 23.4 Å². The molecule has 1 N–H and O–H groups in total. The van der Waals surface area contributed by atoms with E-state index in [4.69, 9.17) is 16.3 Å². The van der Waals surface area contributed by atoms with Crippen LogP contribution in [0.5, 0.6) is 5.75 Å². The zero-order chi connectivity index (χ0) is 17.9. The topological polar surface area (TPSA) is 125 Å². The Morgan fingerprint density at radius 2 is 1.58 bits per heavy atom. The number of carbonyl (C=O) groups is 1. The summed E-state index contributed by atoms with van der Waals surface area (Å²) in [5.74, 6) is 0.549. The van der Waals surface area contributed by atoms with Gasteiger partial charge in [0.2, 0.25) is 0 Å². The molecule has 9 nitrogen and oxygen atoms in total. The van der Waals surface area contributed by atoms with Crippen molar-refractivity contribution in [2.24, 2.45) is 0 Å². The van der Waals surface area contributed by atoms with Crippen LogP contribution in [0, 0.1) is 20.2 Å². The average molecular weight is 352 g/mol. The highest BCUT2D eigenvalue weighted by molar-refractivity contribution is 6.67. The summed E-state index contributed by atoms with van der Waals surface area (Å²) < 4.78 is 4.99.